The Morgan fingerprint density at radius 1 is 1.47 bits per heavy atom. The number of aliphatic hydroxyl groups is 1. The maximum atomic E-state index is 9.38. The van der Waals surface area contributed by atoms with E-state index in [4.69, 9.17) is 16.3 Å². The van der Waals surface area contributed by atoms with Crippen molar-refractivity contribution in [2.24, 2.45) is 7.05 Å². The molecule has 1 N–H and O–H groups in total. The first-order valence-electron chi connectivity index (χ1n) is 5.71. The van der Waals surface area contributed by atoms with Gasteiger partial charge in [-0.15, -0.1) is 0 Å². The van der Waals surface area contributed by atoms with E-state index in [-0.39, 0.29) is 6.61 Å². The van der Waals surface area contributed by atoms with Gasteiger partial charge in [0.2, 0.25) is 0 Å². The molecule has 0 aliphatic carbocycles. The molecule has 102 valence electrons. The van der Waals surface area contributed by atoms with E-state index < -0.39 is 0 Å². The lowest BCUT2D eigenvalue weighted by Crippen LogP contribution is -2.06. The van der Waals surface area contributed by atoms with Gasteiger partial charge in [-0.05, 0) is 24.6 Å². The summed E-state index contributed by atoms with van der Waals surface area (Å²) >= 11 is 9.32. The summed E-state index contributed by atoms with van der Waals surface area (Å²) in [5, 5.41) is 9.94. The number of aryl methyl sites for hydroxylation is 1. The normalized spacial score (nSPS) is 10.8. The molecule has 0 unspecified atom stereocenters. The van der Waals surface area contributed by atoms with E-state index in [2.05, 4.69) is 20.9 Å². The van der Waals surface area contributed by atoms with Gasteiger partial charge in [0.25, 0.3) is 0 Å². The lowest BCUT2D eigenvalue weighted by atomic mass is 10.1. The lowest BCUT2D eigenvalue weighted by Gasteiger charge is -2.13. The zero-order chi connectivity index (χ0) is 14.0. The van der Waals surface area contributed by atoms with Crippen molar-refractivity contribution in [1.82, 2.24) is 9.55 Å². The third kappa shape index (κ3) is 3.11. The molecule has 6 heteroatoms. The average Bonchev–Trinajstić information content (AvgIpc) is 2.68. The van der Waals surface area contributed by atoms with Crippen molar-refractivity contribution < 1.29 is 9.84 Å². The van der Waals surface area contributed by atoms with Crippen molar-refractivity contribution in [1.29, 1.82) is 0 Å². The maximum absolute atomic E-state index is 9.38. The number of rotatable bonds is 4. The van der Waals surface area contributed by atoms with Crippen molar-refractivity contribution in [2.45, 2.75) is 20.1 Å². The molecule has 1 aromatic heterocycles. The third-order valence-corrected chi connectivity index (χ3v) is 3.67. The molecule has 0 saturated carbocycles. The van der Waals surface area contributed by atoms with Crippen LogP contribution in [0.4, 0.5) is 0 Å². The van der Waals surface area contributed by atoms with Gasteiger partial charge in [0.1, 0.15) is 23.3 Å². The Balaban J connectivity index is 2.22. The second kappa shape index (κ2) is 5.94. The zero-order valence-electron chi connectivity index (χ0n) is 10.7. The summed E-state index contributed by atoms with van der Waals surface area (Å²) in [5.41, 5.74) is 1.70. The molecule has 0 atom stereocenters. The highest BCUT2D eigenvalue weighted by Crippen LogP contribution is 2.28. The van der Waals surface area contributed by atoms with Crippen LogP contribution in [-0.4, -0.2) is 14.7 Å². The molecule has 2 rings (SSSR count). The van der Waals surface area contributed by atoms with Crippen LogP contribution < -0.4 is 4.74 Å². The summed E-state index contributed by atoms with van der Waals surface area (Å²) in [6.45, 7) is 2.17. The number of halogens is 2. The molecule has 4 nitrogen and oxygen atoms in total. The van der Waals surface area contributed by atoms with Crippen LogP contribution in [0.2, 0.25) is 5.15 Å². The highest BCUT2D eigenvalue weighted by Gasteiger charge is 2.11. The minimum absolute atomic E-state index is 0.0725. The van der Waals surface area contributed by atoms with Crippen LogP contribution in [0.1, 0.15) is 17.0 Å². The van der Waals surface area contributed by atoms with Crippen LogP contribution in [0.15, 0.2) is 22.8 Å². The SMILES string of the molecule is Cc1cc(Br)cc(CO)c1OCc1ncc(Cl)n1C. The largest absolute Gasteiger partial charge is 0.485 e. The van der Waals surface area contributed by atoms with Crippen LogP contribution in [-0.2, 0) is 20.3 Å². The Labute approximate surface area is 125 Å². The molecule has 2 aromatic rings. The van der Waals surface area contributed by atoms with E-state index >= 15 is 0 Å². The van der Waals surface area contributed by atoms with Crippen LogP contribution in [0, 0.1) is 6.92 Å². The summed E-state index contributed by atoms with van der Waals surface area (Å²) in [7, 11) is 1.83. The molecular formula is C13H14BrClN2O2. The number of aromatic nitrogens is 2. The van der Waals surface area contributed by atoms with Crippen molar-refractivity contribution >= 4 is 27.5 Å². The molecule has 0 fully saturated rings. The van der Waals surface area contributed by atoms with E-state index in [1.54, 1.807) is 10.8 Å². The molecule has 1 heterocycles. The first-order chi connectivity index (χ1) is 9.02. The van der Waals surface area contributed by atoms with Crippen molar-refractivity contribution in [3.8, 4) is 5.75 Å². The van der Waals surface area contributed by atoms with Crippen LogP contribution in [0.25, 0.3) is 0 Å². The van der Waals surface area contributed by atoms with Crippen LogP contribution >= 0.6 is 27.5 Å². The monoisotopic (exact) mass is 344 g/mol. The van der Waals surface area contributed by atoms with Gasteiger partial charge in [0, 0.05) is 17.1 Å². The number of ether oxygens (including phenoxy) is 1. The van der Waals surface area contributed by atoms with Crippen molar-refractivity contribution in [3.05, 3.63) is 44.9 Å². The van der Waals surface area contributed by atoms with Crippen LogP contribution in [0.5, 0.6) is 5.75 Å². The predicted octanol–water partition coefficient (Wildman–Crippen LogP) is 3.22. The van der Waals surface area contributed by atoms with Gasteiger partial charge in [-0.25, -0.2) is 4.98 Å². The second-order valence-electron chi connectivity index (χ2n) is 4.21. The summed E-state index contributed by atoms with van der Waals surface area (Å²) in [6, 6.07) is 3.79. The standard InChI is InChI=1S/C13H14BrClN2O2/c1-8-3-10(14)4-9(6-18)13(8)19-7-12-16-5-11(15)17(12)2/h3-5,18H,6-7H2,1-2H3. The zero-order valence-corrected chi connectivity index (χ0v) is 13.0. The van der Waals surface area contributed by atoms with Gasteiger partial charge in [-0.2, -0.15) is 0 Å². The van der Waals surface area contributed by atoms with Crippen molar-refractivity contribution in [3.63, 3.8) is 0 Å². The first-order valence-corrected chi connectivity index (χ1v) is 6.88. The Bertz CT molecular complexity index is 599. The fraction of sp³-hybridized carbons (Fsp3) is 0.308. The third-order valence-electron chi connectivity index (χ3n) is 2.86. The topological polar surface area (TPSA) is 47.3 Å². The number of benzene rings is 1. The molecule has 19 heavy (non-hydrogen) atoms. The van der Waals surface area contributed by atoms with Gasteiger partial charge < -0.3 is 14.4 Å². The highest BCUT2D eigenvalue weighted by molar-refractivity contribution is 9.10. The number of imidazole rings is 1. The minimum Gasteiger partial charge on any atom is -0.485 e. The lowest BCUT2D eigenvalue weighted by molar-refractivity contribution is 0.253. The average molecular weight is 346 g/mol. The summed E-state index contributed by atoms with van der Waals surface area (Å²) in [5.74, 6) is 1.42. The van der Waals surface area contributed by atoms with Gasteiger partial charge >= 0.3 is 0 Å². The number of nitrogens with zero attached hydrogens (tertiary/aromatic N) is 2. The molecule has 0 saturated heterocycles. The summed E-state index contributed by atoms with van der Waals surface area (Å²) in [6.07, 6.45) is 1.58. The van der Waals surface area contributed by atoms with Crippen molar-refractivity contribution in [2.75, 3.05) is 0 Å². The smallest absolute Gasteiger partial charge is 0.147 e. The molecule has 0 aliphatic heterocycles. The summed E-state index contributed by atoms with van der Waals surface area (Å²) < 4.78 is 8.45. The maximum Gasteiger partial charge on any atom is 0.147 e. The Kier molecular flexibility index (Phi) is 4.50. The predicted molar refractivity (Wildman–Crippen MR) is 77.4 cm³/mol. The van der Waals surface area contributed by atoms with Crippen LogP contribution in [0.3, 0.4) is 0 Å². The van der Waals surface area contributed by atoms with E-state index in [1.807, 2.05) is 26.1 Å². The fourth-order valence-electron chi connectivity index (χ4n) is 1.82. The van der Waals surface area contributed by atoms with E-state index in [9.17, 15) is 5.11 Å². The van der Waals surface area contributed by atoms with E-state index in [1.165, 1.54) is 0 Å². The molecule has 0 spiro atoms. The van der Waals surface area contributed by atoms with Gasteiger partial charge in [-0.3, -0.25) is 0 Å². The van der Waals surface area contributed by atoms with E-state index in [0.29, 0.717) is 17.5 Å². The number of hydrogen-bond acceptors (Lipinski definition) is 3. The molecule has 0 aliphatic rings. The molecule has 0 bridgehead atoms. The molecule has 0 amide bonds. The Morgan fingerprint density at radius 3 is 2.79 bits per heavy atom. The highest BCUT2D eigenvalue weighted by atomic mass is 79.9. The molecular weight excluding hydrogens is 332 g/mol. The molecule has 0 radical (unpaired) electrons. The summed E-state index contributed by atoms with van der Waals surface area (Å²) in [4.78, 5) is 4.17. The number of aliphatic hydroxyl groups excluding tert-OH is 1. The van der Waals surface area contributed by atoms with Gasteiger partial charge in [0.15, 0.2) is 0 Å². The second-order valence-corrected chi connectivity index (χ2v) is 5.52. The Morgan fingerprint density at radius 2 is 2.21 bits per heavy atom. The fourth-order valence-corrected chi connectivity index (χ4v) is 2.58. The Hall–Kier alpha value is -1.04. The number of hydrogen-bond donors (Lipinski definition) is 1. The quantitative estimate of drug-likeness (QED) is 0.925. The minimum atomic E-state index is -0.0725. The van der Waals surface area contributed by atoms with Gasteiger partial charge in [-0.1, -0.05) is 27.5 Å². The molecule has 1 aromatic carbocycles. The first kappa shape index (κ1) is 14.4. The van der Waals surface area contributed by atoms with E-state index in [0.717, 1.165) is 21.4 Å². The van der Waals surface area contributed by atoms with Gasteiger partial charge in [0.05, 0.1) is 12.8 Å².